The standard InChI is InChI=1S/C22H23FN2O5S/c1-13(14-6-9-18(29-2)19(11-14)30-3)24-22(26)21-17-5-4-10-25(17)16-8-7-15(23)12-20(16)31(21,27)28/h6-9,11-13H,4-5,10H2,1-3H3,(H,24,26)/t13-/m1/s1. The van der Waals surface area contributed by atoms with Crippen molar-refractivity contribution < 1.29 is 27.1 Å². The van der Waals surface area contributed by atoms with E-state index >= 15 is 0 Å². The largest absolute Gasteiger partial charge is 0.493 e. The fourth-order valence-corrected chi connectivity index (χ4v) is 5.86. The highest BCUT2D eigenvalue weighted by molar-refractivity contribution is 7.96. The van der Waals surface area contributed by atoms with Crippen molar-refractivity contribution in [1.29, 1.82) is 0 Å². The number of hydrogen-bond donors (Lipinski definition) is 1. The molecule has 7 nitrogen and oxygen atoms in total. The summed E-state index contributed by atoms with van der Waals surface area (Å²) in [6.45, 7) is 2.32. The molecule has 0 spiro atoms. The Morgan fingerprint density at radius 3 is 2.58 bits per heavy atom. The predicted octanol–water partition coefficient (Wildman–Crippen LogP) is 3.32. The van der Waals surface area contributed by atoms with Gasteiger partial charge in [0.15, 0.2) is 16.4 Å². The SMILES string of the molecule is COc1ccc([C@@H](C)NC(=O)C2=C3CCCN3c3ccc(F)cc3S2(=O)=O)cc1OC. The second-order valence-electron chi connectivity index (χ2n) is 7.46. The number of carbonyl (C=O) groups excluding carboxylic acids is 1. The number of nitrogens with one attached hydrogen (secondary N) is 1. The van der Waals surface area contributed by atoms with E-state index in [0.29, 0.717) is 42.3 Å². The third-order valence-electron chi connectivity index (χ3n) is 5.62. The Morgan fingerprint density at radius 1 is 1.13 bits per heavy atom. The Hall–Kier alpha value is -3.07. The van der Waals surface area contributed by atoms with E-state index in [1.54, 1.807) is 30.0 Å². The van der Waals surface area contributed by atoms with Gasteiger partial charge in [0.05, 0.1) is 30.8 Å². The topological polar surface area (TPSA) is 84.9 Å². The van der Waals surface area contributed by atoms with E-state index in [1.807, 2.05) is 0 Å². The third-order valence-corrected chi connectivity index (χ3v) is 7.48. The van der Waals surface area contributed by atoms with Gasteiger partial charge in [-0.15, -0.1) is 0 Å². The summed E-state index contributed by atoms with van der Waals surface area (Å²) in [4.78, 5) is 14.5. The summed E-state index contributed by atoms with van der Waals surface area (Å²) in [5, 5.41) is 2.78. The molecular weight excluding hydrogens is 423 g/mol. The molecule has 0 aromatic heterocycles. The molecule has 2 heterocycles. The Bertz CT molecular complexity index is 1190. The summed E-state index contributed by atoms with van der Waals surface area (Å²) in [6.07, 6.45) is 1.17. The van der Waals surface area contributed by atoms with Crippen molar-refractivity contribution in [1.82, 2.24) is 5.32 Å². The second kappa shape index (κ2) is 7.88. The average molecular weight is 447 g/mol. The van der Waals surface area contributed by atoms with Crippen LogP contribution < -0.4 is 19.7 Å². The molecule has 164 valence electrons. The molecule has 9 heteroatoms. The van der Waals surface area contributed by atoms with E-state index in [1.165, 1.54) is 26.4 Å². The summed E-state index contributed by atoms with van der Waals surface area (Å²) in [6, 6.07) is 8.37. The minimum Gasteiger partial charge on any atom is -0.493 e. The van der Waals surface area contributed by atoms with Crippen molar-refractivity contribution in [2.45, 2.75) is 30.7 Å². The van der Waals surface area contributed by atoms with Gasteiger partial charge in [-0.3, -0.25) is 4.79 Å². The minimum absolute atomic E-state index is 0.179. The summed E-state index contributed by atoms with van der Waals surface area (Å²) in [7, 11) is -1.13. The maximum atomic E-state index is 13.9. The number of sulfone groups is 1. The average Bonchev–Trinajstić information content (AvgIpc) is 3.21. The maximum absolute atomic E-state index is 13.9. The number of rotatable bonds is 5. The first-order valence-corrected chi connectivity index (χ1v) is 11.3. The highest BCUT2D eigenvalue weighted by Gasteiger charge is 2.42. The molecule has 1 amide bonds. The molecule has 1 saturated heterocycles. The van der Waals surface area contributed by atoms with E-state index in [4.69, 9.17) is 9.47 Å². The van der Waals surface area contributed by atoms with Crippen LogP contribution in [0.3, 0.4) is 0 Å². The van der Waals surface area contributed by atoms with Crippen LogP contribution in [0, 0.1) is 5.82 Å². The van der Waals surface area contributed by atoms with E-state index in [2.05, 4.69) is 5.32 Å². The smallest absolute Gasteiger partial charge is 0.265 e. The molecule has 1 atom stereocenters. The van der Waals surface area contributed by atoms with Crippen LogP contribution in [0.2, 0.25) is 0 Å². The highest BCUT2D eigenvalue weighted by Crippen LogP contribution is 2.43. The fraction of sp³-hybridized carbons (Fsp3) is 0.318. The zero-order valence-corrected chi connectivity index (χ0v) is 18.3. The van der Waals surface area contributed by atoms with E-state index in [-0.39, 0.29) is 9.80 Å². The van der Waals surface area contributed by atoms with Crippen LogP contribution in [-0.2, 0) is 14.6 Å². The van der Waals surface area contributed by atoms with Gasteiger partial charge < -0.3 is 19.7 Å². The molecule has 1 fully saturated rings. The molecular formula is C22H23FN2O5S. The Kier molecular flexibility index (Phi) is 5.38. The van der Waals surface area contributed by atoms with Gasteiger partial charge in [0, 0.05) is 12.2 Å². The zero-order chi connectivity index (χ0) is 22.3. The zero-order valence-electron chi connectivity index (χ0n) is 17.4. The van der Waals surface area contributed by atoms with Gasteiger partial charge in [-0.25, -0.2) is 12.8 Å². The third kappa shape index (κ3) is 3.52. The first-order valence-electron chi connectivity index (χ1n) is 9.86. The number of hydrogen-bond acceptors (Lipinski definition) is 6. The number of benzene rings is 2. The number of ether oxygens (including phenoxy) is 2. The Balaban J connectivity index is 1.70. The lowest BCUT2D eigenvalue weighted by molar-refractivity contribution is -0.117. The summed E-state index contributed by atoms with van der Waals surface area (Å²) in [5.74, 6) is -0.327. The predicted molar refractivity (Wildman–Crippen MR) is 113 cm³/mol. The first-order chi connectivity index (χ1) is 14.8. The van der Waals surface area contributed by atoms with Gasteiger partial charge in [-0.1, -0.05) is 6.07 Å². The number of nitrogens with zero attached hydrogens (tertiary/aromatic N) is 1. The number of fused-ring (bicyclic) bond motifs is 3. The number of amides is 1. The molecule has 31 heavy (non-hydrogen) atoms. The van der Waals surface area contributed by atoms with Crippen molar-refractivity contribution in [2.75, 3.05) is 25.7 Å². The van der Waals surface area contributed by atoms with Crippen LogP contribution in [0.5, 0.6) is 11.5 Å². The lowest BCUT2D eigenvalue weighted by atomic mass is 10.1. The molecule has 2 aromatic rings. The molecule has 2 aliphatic rings. The summed E-state index contributed by atoms with van der Waals surface area (Å²) >= 11 is 0. The molecule has 0 aliphatic carbocycles. The number of methoxy groups -OCH3 is 2. The van der Waals surface area contributed by atoms with E-state index in [0.717, 1.165) is 11.6 Å². The van der Waals surface area contributed by atoms with Crippen molar-refractivity contribution in [3.63, 3.8) is 0 Å². The molecule has 1 N–H and O–H groups in total. The van der Waals surface area contributed by atoms with Crippen molar-refractivity contribution >= 4 is 21.4 Å². The molecule has 2 aromatic carbocycles. The molecule has 0 saturated carbocycles. The van der Waals surface area contributed by atoms with Crippen LogP contribution in [-0.4, -0.2) is 35.1 Å². The fourth-order valence-electron chi connectivity index (χ4n) is 4.09. The number of allylic oxidation sites excluding steroid dienone is 1. The van der Waals surface area contributed by atoms with Crippen molar-refractivity contribution in [3.05, 3.63) is 58.4 Å². The monoisotopic (exact) mass is 446 g/mol. The molecule has 4 rings (SSSR count). The van der Waals surface area contributed by atoms with Crippen molar-refractivity contribution in [3.8, 4) is 11.5 Å². The number of carbonyl (C=O) groups is 1. The lowest BCUT2D eigenvalue weighted by Gasteiger charge is -2.30. The van der Waals surface area contributed by atoms with Gasteiger partial charge in [-0.2, -0.15) is 0 Å². The molecule has 0 radical (unpaired) electrons. The van der Waals surface area contributed by atoms with E-state index < -0.39 is 27.6 Å². The van der Waals surface area contributed by atoms with Gasteiger partial charge in [0.25, 0.3) is 5.91 Å². The Morgan fingerprint density at radius 2 is 1.87 bits per heavy atom. The van der Waals surface area contributed by atoms with Crippen LogP contribution in [0.15, 0.2) is 51.9 Å². The lowest BCUT2D eigenvalue weighted by Crippen LogP contribution is -2.36. The summed E-state index contributed by atoms with van der Waals surface area (Å²) in [5.41, 5.74) is 1.59. The maximum Gasteiger partial charge on any atom is 0.265 e. The minimum atomic E-state index is -4.17. The van der Waals surface area contributed by atoms with Gasteiger partial charge >= 0.3 is 0 Å². The van der Waals surface area contributed by atoms with Crippen LogP contribution >= 0.6 is 0 Å². The first kappa shape index (κ1) is 21.2. The van der Waals surface area contributed by atoms with Crippen LogP contribution in [0.1, 0.15) is 31.4 Å². The van der Waals surface area contributed by atoms with Crippen molar-refractivity contribution in [2.24, 2.45) is 0 Å². The number of anilines is 1. The Labute approximate surface area is 180 Å². The van der Waals surface area contributed by atoms with Gasteiger partial charge in [-0.05, 0) is 55.7 Å². The van der Waals surface area contributed by atoms with Crippen LogP contribution in [0.4, 0.5) is 10.1 Å². The van der Waals surface area contributed by atoms with Crippen LogP contribution in [0.25, 0.3) is 0 Å². The summed E-state index contributed by atoms with van der Waals surface area (Å²) < 4.78 is 51.0. The normalized spacial score (nSPS) is 17.6. The molecule has 0 bridgehead atoms. The quantitative estimate of drug-likeness (QED) is 0.759. The molecule has 0 unspecified atom stereocenters. The number of halogens is 1. The van der Waals surface area contributed by atoms with Gasteiger partial charge in [0.1, 0.15) is 5.82 Å². The molecule has 2 aliphatic heterocycles. The van der Waals surface area contributed by atoms with E-state index in [9.17, 15) is 17.6 Å². The highest BCUT2D eigenvalue weighted by atomic mass is 32.2. The van der Waals surface area contributed by atoms with Gasteiger partial charge in [0.2, 0.25) is 9.84 Å². The second-order valence-corrected chi connectivity index (χ2v) is 9.31.